The summed E-state index contributed by atoms with van der Waals surface area (Å²) in [6.07, 6.45) is 4.46. The summed E-state index contributed by atoms with van der Waals surface area (Å²) >= 11 is 0. The van der Waals surface area contributed by atoms with E-state index >= 15 is 0 Å². The monoisotopic (exact) mass is 317 g/mol. The molecule has 23 heavy (non-hydrogen) atoms. The van der Waals surface area contributed by atoms with Crippen molar-refractivity contribution < 1.29 is 9.18 Å². The lowest BCUT2D eigenvalue weighted by Gasteiger charge is -2.34. The summed E-state index contributed by atoms with van der Waals surface area (Å²) in [5.74, 6) is -0.444. The minimum Gasteiger partial charge on any atom is -0.336 e. The Kier molecular flexibility index (Phi) is 5.73. The highest BCUT2D eigenvalue weighted by Crippen LogP contribution is 2.27. The Morgan fingerprint density at radius 3 is 2.65 bits per heavy atom. The van der Waals surface area contributed by atoms with Crippen LogP contribution < -0.4 is 5.32 Å². The van der Waals surface area contributed by atoms with Crippen molar-refractivity contribution in [1.82, 2.24) is 10.2 Å². The summed E-state index contributed by atoms with van der Waals surface area (Å²) < 4.78 is 13.7. The smallest absolute Gasteiger partial charge is 0.238 e. The van der Waals surface area contributed by atoms with E-state index in [0.29, 0.717) is 24.9 Å². The summed E-state index contributed by atoms with van der Waals surface area (Å²) in [6, 6.07) is 8.42. The Bertz CT molecular complexity index is 590. The van der Waals surface area contributed by atoms with Crippen molar-refractivity contribution in [3.8, 4) is 6.07 Å². The first-order valence-corrected chi connectivity index (χ1v) is 8.14. The van der Waals surface area contributed by atoms with Crippen molar-refractivity contribution in [3.63, 3.8) is 0 Å². The molecular formula is C18H24FN3O. The second-order valence-corrected chi connectivity index (χ2v) is 6.43. The Labute approximate surface area is 137 Å². The zero-order chi connectivity index (χ0) is 16.9. The third-order valence-electron chi connectivity index (χ3n) is 4.70. The molecule has 0 saturated heterocycles. The van der Waals surface area contributed by atoms with Gasteiger partial charge in [-0.1, -0.05) is 37.5 Å². The molecule has 1 amide bonds. The minimum atomic E-state index is -0.734. The van der Waals surface area contributed by atoms with Gasteiger partial charge in [0.25, 0.3) is 0 Å². The minimum absolute atomic E-state index is 0.174. The van der Waals surface area contributed by atoms with Crippen molar-refractivity contribution in [3.05, 3.63) is 35.6 Å². The van der Waals surface area contributed by atoms with E-state index in [0.717, 1.165) is 19.3 Å². The number of rotatable bonds is 5. The molecule has 0 aliphatic heterocycles. The van der Waals surface area contributed by atoms with Gasteiger partial charge in [-0.25, -0.2) is 4.39 Å². The molecule has 0 aromatic heterocycles. The third-order valence-corrected chi connectivity index (χ3v) is 4.70. The highest BCUT2D eigenvalue weighted by Gasteiger charge is 2.35. The first-order valence-electron chi connectivity index (χ1n) is 8.14. The molecular weight excluding hydrogens is 293 g/mol. The molecule has 0 spiro atoms. The molecule has 0 bridgehead atoms. The SMILES string of the molecule is CC(C(=O)NC1(C#N)CCCCC1)N(C)Cc1ccccc1F. The molecule has 1 N–H and O–H groups in total. The molecule has 1 fully saturated rings. The highest BCUT2D eigenvalue weighted by molar-refractivity contribution is 5.82. The molecule has 5 heteroatoms. The Morgan fingerprint density at radius 2 is 2.04 bits per heavy atom. The second kappa shape index (κ2) is 7.56. The average Bonchev–Trinajstić information content (AvgIpc) is 2.57. The van der Waals surface area contributed by atoms with Gasteiger partial charge in [-0.3, -0.25) is 9.69 Å². The normalized spacial score (nSPS) is 18.2. The van der Waals surface area contributed by atoms with Crippen LogP contribution in [0.25, 0.3) is 0 Å². The van der Waals surface area contributed by atoms with Crippen LogP contribution in [0.1, 0.15) is 44.6 Å². The van der Waals surface area contributed by atoms with Gasteiger partial charge >= 0.3 is 0 Å². The lowest BCUT2D eigenvalue weighted by molar-refractivity contribution is -0.127. The molecule has 1 unspecified atom stereocenters. The Hall–Kier alpha value is -1.93. The molecule has 1 aromatic rings. The lowest BCUT2D eigenvalue weighted by atomic mass is 9.82. The third kappa shape index (κ3) is 4.29. The van der Waals surface area contributed by atoms with Gasteiger partial charge in [0.15, 0.2) is 0 Å². The van der Waals surface area contributed by atoms with Crippen molar-refractivity contribution in [2.45, 2.75) is 57.2 Å². The second-order valence-electron chi connectivity index (χ2n) is 6.43. The zero-order valence-electron chi connectivity index (χ0n) is 13.8. The van der Waals surface area contributed by atoms with Crippen molar-refractivity contribution in [2.24, 2.45) is 0 Å². The van der Waals surface area contributed by atoms with Crippen LogP contribution in [0, 0.1) is 17.1 Å². The fourth-order valence-corrected chi connectivity index (χ4v) is 2.99. The molecule has 1 aliphatic carbocycles. The number of carbonyl (C=O) groups is 1. The van der Waals surface area contributed by atoms with E-state index in [1.165, 1.54) is 6.07 Å². The number of amides is 1. The number of hydrogen-bond donors (Lipinski definition) is 1. The number of nitriles is 1. The van der Waals surface area contributed by atoms with E-state index in [4.69, 9.17) is 0 Å². The molecule has 1 aliphatic rings. The van der Waals surface area contributed by atoms with E-state index < -0.39 is 11.6 Å². The first kappa shape index (κ1) is 17.4. The summed E-state index contributed by atoms with van der Waals surface area (Å²) in [7, 11) is 1.79. The van der Waals surface area contributed by atoms with E-state index in [2.05, 4.69) is 11.4 Å². The predicted molar refractivity (Wildman–Crippen MR) is 86.9 cm³/mol. The van der Waals surface area contributed by atoms with E-state index in [9.17, 15) is 14.4 Å². The van der Waals surface area contributed by atoms with Gasteiger partial charge in [0.1, 0.15) is 11.4 Å². The predicted octanol–water partition coefficient (Wildman–Crippen LogP) is 2.99. The van der Waals surface area contributed by atoms with Gasteiger partial charge in [0.05, 0.1) is 12.1 Å². The molecule has 1 saturated carbocycles. The molecule has 124 valence electrons. The Balaban J connectivity index is 1.98. The fraction of sp³-hybridized carbons (Fsp3) is 0.556. The van der Waals surface area contributed by atoms with Crippen molar-refractivity contribution in [1.29, 1.82) is 5.26 Å². The van der Waals surface area contributed by atoms with Gasteiger partial charge in [0, 0.05) is 12.1 Å². The van der Waals surface area contributed by atoms with E-state index in [1.54, 1.807) is 37.1 Å². The largest absolute Gasteiger partial charge is 0.336 e. The topological polar surface area (TPSA) is 56.1 Å². The molecule has 0 radical (unpaired) electrons. The van der Waals surface area contributed by atoms with Crippen LogP contribution in [-0.4, -0.2) is 29.4 Å². The number of nitrogens with zero attached hydrogens (tertiary/aromatic N) is 2. The van der Waals surface area contributed by atoms with Crippen LogP contribution in [0.5, 0.6) is 0 Å². The van der Waals surface area contributed by atoms with Crippen LogP contribution >= 0.6 is 0 Å². The number of hydrogen-bond acceptors (Lipinski definition) is 3. The number of likely N-dealkylation sites (N-methyl/N-ethyl adjacent to an activating group) is 1. The quantitative estimate of drug-likeness (QED) is 0.908. The van der Waals surface area contributed by atoms with Crippen LogP contribution in [0.4, 0.5) is 4.39 Å². The summed E-state index contributed by atoms with van der Waals surface area (Å²) in [4.78, 5) is 14.3. The van der Waals surface area contributed by atoms with Crippen LogP contribution in [0.15, 0.2) is 24.3 Å². The average molecular weight is 317 g/mol. The fourth-order valence-electron chi connectivity index (χ4n) is 2.99. The van der Waals surface area contributed by atoms with Gasteiger partial charge < -0.3 is 5.32 Å². The lowest BCUT2D eigenvalue weighted by Crippen LogP contribution is -2.54. The summed E-state index contributed by atoms with van der Waals surface area (Å²) in [6.45, 7) is 2.13. The van der Waals surface area contributed by atoms with E-state index in [1.807, 2.05) is 0 Å². The van der Waals surface area contributed by atoms with Crippen LogP contribution in [-0.2, 0) is 11.3 Å². The molecule has 0 heterocycles. The number of benzene rings is 1. The van der Waals surface area contributed by atoms with Gasteiger partial charge in [-0.05, 0) is 32.9 Å². The van der Waals surface area contributed by atoms with Crippen molar-refractivity contribution in [2.75, 3.05) is 7.05 Å². The first-order chi connectivity index (χ1) is 11.0. The van der Waals surface area contributed by atoms with Crippen molar-refractivity contribution >= 4 is 5.91 Å². The van der Waals surface area contributed by atoms with Crippen LogP contribution in [0.3, 0.4) is 0 Å². The molecule has 2 rings (SSSR count). The maximum Gasteiger partial charge on any atom is 0.238 e. The highest BCUT2D eigenvalue weighted by atomic mass is 19.1. The molecule has 1 atom stereocenters. The maximum absolute atomic E-state index is 13.7. The summed E-state index contributed by atoms with van der Waals surface area (Å²) in [5.41, 5.74) is -0.176. The molecule has 4 nitrogen and oxygen atoms in total. The zero-order valence-corrected chi connectivity index (χ0v) is 13.8. The Morgan fingerprint density at radius 1 is 1.39 bits per heavy atom. The molecule has 1 aromatic carbocycles. The van der Waals surface area contributed by atoms with Gasteiger partial charge in [-0.15, -0.1) is 0 Å². The number of halogens is 1. The maximum atomic E-state index is 13.7. The standard InChI is InChI=1S/C18H24FN3O/c1-14(22(2)12-15-8-4-5-9-16(15)19)17(23)21-18(13-20)10-6-3-7-11-18/h4-5,8-9,14H,3,6-7,10-12H2,1-2H3,(H,21,23). The summed E-state index contributed by atoms with van der Waals surface area (Å²) in [5, 5.41) is 12.4. The number of nitrogens with one attached hydrogen (secondary N) is 1. The van der Waals surface area contributed by atoms with Crippen LogP contribution in [0.2, 0.25) is 0 Å². The van der Waals surface area contributed by atoms with Gasteiger partial charge in [-0.2, -0.15) is 5.26 Å². The number of carbonyl (C=O) groups excluding carboxylic acids is 1. The van der Waals surface area contributed by atoms with Gasteiger partial charge in [0.2, 0.25) is 5.91 Å². The van der Waals surface area contributed by atoms with E-state index in [-0.39, 0.29) is 11.7 Å².